The van der Waals surface area contributed by atoms with Gasteiger partial charge in [0.2, 0.25) is 5.91 Å². The fourth-order valence-corrected chi connectivity index (χ4v) is 1.34. The maximum atomic E-state index is 11.7. The molecule has 5 heteroatoms. The van der Waals surface area contributed by atoms with Gasteiger partial charge in [-0.3, -0.25) is 4.79 Å². The van der Waals surface area contributed by atoms with E-state index in [-0.39, 0.29) is 12.3 Å². The Labute approximate surface area is 95.3 Å². The van der Waals surface area contributed by atoms with Gasteiger partial charge in [0.05, 0.1) is 12.6 Å². The van der Waals surface area contributed by atoms with Crippen molar-refractivity contribution in [1.29, 1.82) is 0 Å². The molecule has 0 saturated heterocycles. The molecular weight excluding hydrogens is 204 g/mol. The molecule has 0 radical (unpaired) electrons. The predicted octanol–water partition coefficient (Wildman–Crippen LogP) is -0.271. The lowest BCUT2D eigenvalue weighted by atomic mass is 10.2. The Kier molecular flexibility index (Phi) is 4.09. The van der Waals surface area contributed by atoms with Crippen LogP contribution in [0.2, 0.25) is 0 Å². The maximum Gasteiger partial charge on any atom is 0.240 e. The van der Waals surface area contributed by atoms with E-state index in [0.29, 0.717) is 6.54 Å². The van der Waals surface area contributed by atoms with Gasteiger partial charge in [0.1, 0.15) is 5.82 Å². The molecular formula is C11H16N4O. The normalized spacial score (nSPS) is 11.9. The summed E-state index contributed by atoms with van der Waals surface area (Å²) in [7, 11) is 3.56. The molecule has 0 aliphatic heterocycles. The van der Waals surface area contributed by atoms with E-state index in [1.807, 2.05) is 17.8 Å². The van der Waals surface area contributed by atoms with Crippen molar-refractivity contribution in [2.75, 3.05) is 7.05 Å². The van der Waals surface area contributed by atoms with Gasteiger partial charge in [-0.05, 0) is 0 Å². The molecule has 86 valence electrons. The minimum atomic E-state index is -0.629. The highest BCUT2D eigenvalue weighted by Gasteiger charge is 2.18. The summed E-state index contributed by atoms with van der Waals surface area (Å²) in [5, 5.41) is 0. The van der Waals surface area contributed by atoms with Crippen LogP contribution in [-0.2, 0) is 18.4 Å². The van der Waals surface area contributed by atoms with Crippen molar-refractivity contribution in [3.8, 4) is 12.3 Å². The van der Waals surface area contributed by atoms with Gasteiger partial charge >= 0.3 is 0 Å². The van der Waals surface area contributed by atoms with Gasteiger partial charge < -0.3 is 15.2 Å². The molecule has 0 aliphatic carbocycles. The Hall–Kier alpha value is -1.80. The number of nitrogens with zero attached hydrogens (tertiary/aromatic N) is 3. The van der Waals surface area contributed by atoms with E-state index in [9.17, 15) is 4.79 Å². The number of terminal acetylenes is 1. The molecule has 0 aliphatic rings. The van der Waals surface area contributed by atoms with Gasteiger partial charge in [-0.15, -0.1) is 12.3 Å². The highest BCUT2D eigenvalue weighted by molar-refractivity contribution is 5.81. The van der Waals surface area contributed by atoms with Crippen LogP contribution < -0.4 is 5.73 Å². The monoisotopic (exact) mass is 220 g/mol. The lowest BCUT2D eigenvalue weighted by molar-refractivity contribution is -0.131. The SMILES string of the molecule is C#CCC(N)C(=O)N(C)Cc1nccn1C. The number of rotatable bonds is 4. The van der Waals surface area contributed by atoms with Gasteiger partial charge in [0, 0.05) is 32.9 Å². The van der Waals surface area contributed by atoms with Crippen LogP contribution >= 0.6 is 0 Å². The van der Waals surface area contributed by atoms with Crippen LogP contribution in [0.25, 0.3) is 0 Å². The molecule has 0 bridgehead atoms. The third-order valence-electron chi connectivity index (χ3n) is 2.33. The van der Waals surface area contributed by atoms with Gasteiger partial charge in [0.25, 0.3) is 0 Å². The third kappa shape index (κ3) is 2.84. The molecule has 1 heterocycles. The van der Waals surface area contributed by atoms with Crippen LogP contribution in [0.15, 0.2) is 12.4 Å². The van der Waals surface area contributed by atoms with Crippen LogP contribution in [0.3, 0.4) is 0 Å². The number of aryl methyl sites for hydroxylation is 1. The predicted molar refractivity (Wildman–Crippen MR) is 61.1 cm³/mol. The van der Waals surface area contributed by atoms with Crippen molar-refractivity contribution in [2.45, 2.75) is 19.0 Å². The number of hydrogen-bond donors (Lipinski definition) is 1. The highest BCUT2D eigenvalue weighted by Crippen LogP contribution is 2.02. The summed E-state index contributed by atoms with van der Waals surface area (Å²) in [6.07, 6.45) is 8.88. The highest BCUT2D eigenvalue weighted by atomic mass is 16.2. The van der Waals surface area contributed by atoms with E-state index in [1.54, 1.807) is 13.2 Å². The summed E-state index contributed by atoms with van der Waals surface area (Å²) in [5.74, 6) is 3.02. The van der Waals surface area contributed by atoms with E-state index in [2.05, 4.69) is 10.9 Å². The molecule has 2 N–H and O–H groups in total. The number of amides is 1. The Balaban J connectivity index is 2.59. The van der Waals surface area contributed by atoms with Crippen molar-refractivity contribution in [3.63, 3.8) is 0 Å². The molecule has 0 spiro atoms. The van der Waals surface area contributed by atoms with Gasteiger partial charge in [-0.2, -0.15) is 0 Å². The van der Waals surface area contributed by atoms with Crippen LogP contribution in [0.1, 0.15) is 12.2 Å². The van der Waals surface area contributed by atoms with Gasteiger partial charge in [-0.1, -0.05) is 0 Å². The second kappa shape index (κ2) is 5.33. The lowest BCUT2D eigenvalue weighted by Crippen LogP contribution is -2.41. The zero-order chi connectivity index (χ0) is 12.1. The first-order valence-corrected chi connectivity index (χ1v) is 4.96. The quantitative estimate of drug-likeness (QED) is 0.710. The van der Waals surface area contributed by atoms with Crippen molar-refractivity contribution in [1.82, 2.24) is 14.5 Å². The van der Waals surface area contributed by atoms with Crippen LogP contribution in [0.5, 0.6) is 0 Å². The molecule has 1 rings (SSSR count). The smallest absolute Gasteiger partial charge is 0.240 e. The van der Waals surface area contributed by atoms with E-state index in [4.69, 9.17) is 12.2 Å². The number of hydrogen-bond acceptors (Lipinski definition) is 3. The third-order valence-corrected chi connectivity index (χ3v) is 2.33. The Morgan fingerprint density at radius 1 is 1.81 bits per heavy atom. The average Bonchev–Trinajstić information content (AvgIpc) is 2.63. The molecule has 16 heavy (non-hydrogen) atoms. The summed E-state index contributed by atoms with van der Waals surface area (Å²) in [6, 6.07) is -0.629. The van der Waals surface area contributed by atoms with E-state index < -0.39 is 6.04 Å². The Bertz CT molecular complexity index is 404. The molecule has 0 aromatic carbocycles. The maximum absolute atomic E-state index is 11.7. The van der Waals surface area contributed by atoms with Crippen LogP contribution in [0, 0.1) is 12.3 Å². The first kappa shape index (κ1) is 12.3. The van der Waals surface area contributed by atoms with Gasteiger partial charge in [0.15, 0.2) is 0 Å². The molecule has 1 amide bonds. The zero-order valence-corrected chi connectivity index (χ0v) is 9.55. The van der Waals surface area contributed by atoms with Crippen LogP contribution in [0.4, 0.5) is 0 Å². The molecule has 1 aromatic heterocycles. The summed E-state index contributed by atoms with van der Waals surface area (Å²) < 4.78 is 1.86. The number of nitrogens with two attached hydrogens (primary N) is 1. The number of likely N-dealkylation sites (N-methyl/N-ethyl adjacent to an activating group) is 1. The minimum Gasteiger partial charge on any atom is -0.337 e. The zero-order valence-electron chi connectivity index (χ0n) is 9.55. The fourth-order valence-electron chi connectivity index (χ4n) is 1.34. The average molecular weight is 220 g/mol. The second-order valence-corrected chi connectivity index (χ2v) is 3.66. The largest absolute Gasteiger partial charge is 0.337 e. The molecule has 0 fully saturated rings. The number of carbonyl (C=O) groups excluding carboxylic acids is 1. The van der Waals surface area contributed by atoms with E-state index >= 15 is 0 Å². The Morgan fingerprint density at radius 2 is 2.50 bits per heavy atom. The number of aromatic nitrogens is 2. The summed E-state index contributed by atoms with van der Waals surface area (Å²) >= 11 is 0. The van der Waals surface area contributed by atoms with Crippen LogP contribution in [-0.4, -0.2) is 33.4 Å². The second-order valence-electron chi connectivity index (χ2n) is 3.66. The summed E-state index contributed by atoms with van der Waals surface area (Å²) in [6.45, 7) is 0.431. The molecule has 1 unspecified atom stereocenters. The topological polar surface area (TPSA) is 64.2 Å². The standard InChI is InChI=1S/C11H16N4O/c1-4-5-9(12)11(16)15(3)8-10-13-6-7-14(10)2/h1,6-7,9H,5,8,12H2,2-3H3. The first-order chi connectivity index (χ1) is 7.56. The van der Waals surface area contributed by atoms with Crippen molar-refractivity contribution in [2.24, 2.45) is 12.8 Å². The fraction of sp³-hybridized carbons (Fsp3) is 0.455. The van der Waals surface area contributed by atoms with Crippen molar-refractivity contribution < 1.29 is 4.79 Å². The number of carbonyl (C=O) groups is 1. The van der Waals surface area contributed by atoms with Gasteiger partial charge in [-0.25, -0.2) is 4.98 Å². The molecule has 5 nitrogen and oxygen atoms in total. The molecule has 1 atom stereocenters. The Morgan fingerprint density at radius 3 is 3.00 bits per heavy atom. The minimum absolute atomic E-state index is 0.166. The van der Waals surface area contributed by atoms with E-state index in [0.717, 1.165) is 5.82 Å². The van der Waals surface area contributed by atoms with Crippen molar-refractivity contribution >= 4 is 5.91 Å². The lowest BCUT2D eigenvalue weighted by Gasteiger charge is -2.19. The number of imidazole rings is 1. The first-order valence-electron chi connectivity index (χ1n) is 4.96. The molecule has 1 aromatic rings. The van der Waals surface area contributed by atoms with Crippen molar-refractivity contribution in [3.05, 3.63) is 18.2 Å². The summed E-state index contributed by atoms with van der Waals surface area (Å²) in [4.78, 5) is 17.4. The molecule has 0 saturated carbocycles. The van der Waals surface area contributed by atoms with E-state index in [1.165, 1.54) is 4.90 Å². The summed E-state index contributed by atoms with van der Waals surface area (Å²) in [5.41, 5.74) is 5.63.